The molecule has 0 aliphatic rings. The van der Waals surface area contributed by atoms with E-state index in [9.17, 15) is 18.0 Å². The first-order valence-corrected chi connectivity index (χ1v) is 10.1. The van der Waals surface area contributed by atoms with Crippen molar-refractivity contribution in [3.05, 3.63) is 76.8 Å². The molecule has 0 spiro atoms. The van der Waals surface area contributed by atoms with Crippen LogP contribution in [0.15, 0.2) is 60.5 Å². The van der Waals surface area contributed by atoms with Gasteiger partial charge in [0.1, 0.15) is 17.7 Å². The summed E-state index contributed by atoms with van der Waals surface area (Å²) in [5.41, 5.74) is 0.706. The van der Waals surface area contributed by atoms with E-state index < -0.39 is 17.6 Å². The fourth-order valence-electron chi connectivity index (χ4n) is 2.82. The summed E-state index contributed by atoms with van der Waals surface area (Å²) in [7, 11) is 0. The zero-order valence-corrected chi connectivity index (χ0v) is 17.2. The van der Waals surface area contributed by atoms with Crippen LogP contribution in [0.1, 0.15) is 11.3 Å². The molecule has 0 unspecified atom stereocenters. The average molecular weight is 464 g/mol. The van der Waals surface area contributed by atoms with Crippen molar-refractivity contribution in [2.45, 2.75) is 12.6 Å². The zero-order chi connectivity index (χ0) is 22.0. The number of alkyl halides is 3. The Labute approximate surface area is 183 Å². The van der Waals surface area contributed by atoms with Crippen LogP contribution in [0.3, 0.4) is 0 Å². The van der Waals surface area contributed by atoms with E-state index in [1.807, 2.05) is 12.1 Å². The van der Waals surface area contributed by atoms with Gasteiger partial charge in [-0.15, -0.1) is 11.3 Å². The van der Waals surface area contributed by atoms with Crippen LogP contribution in [-0.2, 0) is 17.4 Å². The average Bonchev–Trinajstić information content (AvgIpc) is 3.40. The first kappa shape index (κ1) is 21.0. The molecule has 11 heteroatoms. The summed E-state index contributed by atoms with van der Waals surface area (Å²) in [4.78, 5) is 20.8. The number of aromatic nitrogens is 4. The van der Waals surface area contributed by atoms with Crippen molar-refractivity contribution in [1.29, 1.82) is 0 Å². The summed E-state index contributed by atoms with van der Waals surface area (Å²) in [6.45, 7) is 0. The van der Waals surface area contributed by atoms with Crippen molar-refractivity contribution in [2.75, 3.05) is 5.32 Å². The quantitative estimate of drug-likeness (QED) is 0.439. The van der Waals surface area contributed by atoms with Gasteiger partial charge in [0.05, 0.1) is 29.1 Å². The lowest BCUT2D eigenvalue weighted by molar-refractivity contribution is -0.137. The summed E-state index contributed by atoms with van der Waals surface area (Å²) in [5, 5.41) is 9.50. The molecule has 0 bridgehead atoms. The molecule has 2 heterocycles. The highest BCUT2D eigenvalue weighted by Crippen LogP contribution is 2.33. The highest BCUT2D eigenvalue weighted by atomic mass is 35.5. The highest BCUT2D eigenvalue weighted by molar-refractivity contribution is 7.13. The lowest BCUT2D eigenvalue weighted by atomic mass is 10.1. The number of carbonyl (C=O) groups is 1. The van der Waals surface area contributed by atoms with E-state index in [0.717, 1.165) is 17.7 Å². The first-order chi connectivity index (χ1) is 14.8. The van der Waals surface area contributed by atoms with Crippen LogP contribution in [0, 0.1) is 0 Å². The van der Waals surface area contributed by atoms with Gasteiger partial charge in [-0.05, 0) is 30.3 Å². The van der Waals surface area contributed by atoms with Crippen molar-refractivity contribution in [3.63, 3.8) is 0 Å². The summed E-state index contributed by atoms with van der Waals surface area (Å²) in [6.07, 6.45) is -2.08. The number of anilines is 1. The summed E-state index contributed by atoms with van der Waals surface area (Å²) < 4.78 is 40.7. The van der Waals surface area contributed by atoms with Gasteiger partial charge in [-0.3, -0.25) is 4.79 Å². The van der Waals surface area contributed by atoms with Crippen molar-refractivity contribution < 1.29 is 18.0 Å². The topological polar surface area (TPSA) is 72.7 Å². The maximum atomic E-state index is 13.2. The number of nitrogens with one attached hydrogen (secondary N) is 1. The van der Waals surface area contributed by atoms with Gasteiger partial charge in [0.2, 0.25) is 5.91 Å². The smallest absolute Gasteiger partial charge is 0.324 e. The fraction of sp³-hybridized carbons (Fsp3) is 0.100. The van der Waals surface area contributed by atoms with Crippen molar-refractivity contribution >= 4 is 34.5 Å². The van der Waals surface area contributed by atoms with E-state index in [4.69, 9.17) is 11.6 Å². The number of hydrogen-bond acceptors (Lipinski definition) is 5. The Balaban J connectivity index is 1.55. The molecule has 0 aliphatic carbocycles. The molecule has 0 atom stereocenters. The molecule has 6 nitrogen and oxygen atoms in total. The third-order valence-corrected chi connectivity index (χ3v) is 5.44. The van der Waals surface area contributed by atoms with Crippen LogP contribution in [0.2, 0.25) is 5.02 Å². The predicted molar refractivity (Wildman–Crippen MR) is 111 cm³/mol. The summed E-state index contributed by atoms with van der Waals surface area (Å²) >= 11 is 7.25. The van der Waals surface area contributed by atoms with Crippen LogP contribution >= 0.6 is 22.9 Å². The Morgan fingerprint density at radius 3 is 2.61 bits per heavy atom. The van der Waals surface area contributed by atoms with Gasteiger partial charge in [-0.1, -0.05) is 23.7 Å². The van der Waals surface area contributed by atoms with Crippen LogP contribution in [-0.4, -0.2) is 25.7 Å². The fourth-order valence-corrected chi connectivity index (χ4v) is 3.77. The van der Waals surface area contributed by atoms with Gasteiger partial charge < -0.3 is 5.32 Å². The second-order valence-electron chi connectivity index (χ2n) is 6.45. The summed E-state index contributed by atoms with van der Waals surface area (Å²) in [5.74, 6) is -0.506. The van der Waals surface area contributed by atoms with E-state index in [1.54, 1.807) is 17.5 Å². The number of rotatable bonds is 5. The third-order valence-electron chi connectivity index (χ3n) is 4.25. The normalized spacial score (nSPS) is 11.5. The third kappa shape index (κ3) is 4.92. The number of thiazole rings is 1. The second-order valence-corrected chi connectivity index (χ2v) is 7.74. The van der Waals surface area contributed by atoms with Gasteiger partial charge in [-0.2, -0.15) is 18.3 Å². The molecule has 1 N–H and O–H groups in total. The SMILES string of the molecule is O=C(Cc1csc(-c2ccc(Cl)cc2)n1)Nc1cc(C(F)(F)F)ccc1-n1cncn1. The standard InChI is InChI=1S/C20H13ClF3N5OS/c21-14-4-1-12(2-5-14)19-27-15(9-31-19)8-18(30)28-16-7-13(20(22,23)24)3-6-17(16)29-11-25-10-26-29/h1-7,9-11H,8H2,(H,28,30). The molecule has 0 aliphatic heterocycles. The Morgan fingerprint density at radius 2 is 1.94 bits per heavy atom. The zero-order valence-electron chi connectivity index (χ0n) is 15.6. The van der Waals surface area contributed by atoms with Gasteiger partial charge in [-0.25, -0.2) is 14.6 Å². The number of amides is 1. The molecule has 0 saturated carbocycles. The molecular weight excluding hydrogens is 451 g/mol. The number of benzene rings is 2. The number of carbonyl (C=O) groups excluding carboxylic acids is 1. The van der Waals surface area contributed by atoms with E-state index in [2.05, 4.69) is 20.4 Å². The van der Waals surface area contributed by atoms with E-state index in [1.165, 1.54) is 34.7 Å². The molecule has 0 saturated heterocycles. The van der Waals surface area contributed by atoms with E-state index in [0.29, 0.717) is 15.7 Å². The Kier molecular flexibility index (Phi) is 5.75. The lowest BCUT2D eigenvalue weighted by Gasteiger charge is -2.14. The Bertz CT molecular complexity index is 1210. The van der Waals surface area contributed by atoms with Gasteiger partial charge >= 0.3 is 6.18 Å². The van der Waals surface area contributed by atoms with Gasteiger partial charge in [0.15, 0.2) is 0 Å². The molecule has 0 radical (unpaired) electrons. The van der Waals surface area contributed by atoms with Crippen molar-refractivity contribution in [2.24, 2.45) is 0 Å². The minimum absolute atomic E-state index is 0.0292. The van der Waals surface area contributed by atoms with E-state index >= 15 is 0 Å². The maximum absolute atomic E-state index is 13.2. The van der Waals surface area contributed by atoms with Crippen LogP contribution in [0.4, 0.5) is 18.9 Å². The Morgan fingerprint density at radius 1 is 1.16 bits per heavy atom. The Hall–Kier alpha value is -3.24. The van der Waals surface area contributed by atoms with Crippen LogP contribution in [0.5, 0.6) is 0 Å². The van der Waals surface area contributed by atoms with Crippen molar-refractivity contribution in [1.82, 2.24) is 19.7 Å². The van der Waals surface area contributed by atoms with Crippen LogP contribution < -0.4 is 5.32 Å². The van der Waals surface area contributed by atoms with Crippen molar-refractivity contribution in [3.8, 4) is 16.3 Å². The number of nitrogens with zero attached hydrogens (tertiary/aromatic N) is 4. The second kappa shape index (κ2) is 8.48. The molecular formula is C20H13ClF3N5OS. The molecule has 4 aromatic rings. The van der Waals surface area contributed by atoms with Gasteiger partial charge in [0.25, 0.3) is 0 Å². The monoisotopic (exact) mass is 463 g/mol. The predicted octanol–water partition coefficient (Wildman–Crippen LogP) is 5.24. The molecule has 31 heavy (non-hydrogen) atoms. The van der Waals surface area contributed by atoms with Crippen LogP contribution in [0.25, 0.3) is 16.3 Å². The lowest BCUT2D eigenvalue weighted by Crippen LogP contribution is -2.17. The van der Waals surface area contributed by atoms with Gasteiger partial charge in [0, 0.05) is 16.0 Å². The molecule has 0 fully saturated rings. The largest absolute Gasteiger partial charge is 0.416 e. The minimum atomic E-state index is -4.55. The number of halogens is 4. The molecule has 158 valence electrons. The maximum Gasteiger partial charge on any atom is 0.416 e. The molecule has 1 amide bonds. The number of hydrogen-bond donors (Lipinski definition) is 1. The molecule has 4 rings (SSSR count). The van der Waals surface area contributed by atoms with E-state index in [-0.39, 0.29) is 17.8 Å². The first-order valence-electron chi connectivity index (χ1n) is 8.86. The minimum Gasteiger partial charge on any atom is -0.324 e. The highest BCUT2D eigenvalue weighted by Gasteiger charge is 2.31. The summed E-state index contributed by atoms with van der Waals surface area (Å²) in [6, 6.07) is 10.1. The molecule has 2 aromatic heterocycles. The molecule has 2 aromatic carbocycles.